The molecular formula is C22H34O4. The first-order valence-electron chi connectivity index (χ1n) is 10.6. The highest BCUT2D eigenvalue weighted by atomic mass is 16.4. The molecule has 146 valence electrons. The molecule has 0 aromatic rings. The van der Waals surface area contributed by atoms with Gasteiger partial charge in [-0.15, -0.1) is 0 Å². The lowest BCUT2D eigenvalue weighted by molar-refractivity contribution is -0.244. The van der Waals surface area contributed by atoms with Gasteiger partial charge >= 0.3 is 5.97 Å². The molecule has 5 aliphatic rings. The molecule has 5 aliphatic carbocycles. The van der Waals surface area contributed by atoms with Crippen LogP contribution in [-0.4, -0.2) is 28.1 Å². The van der Waals surface area contributed by atoms with Crippen molar-refractivity contribution in [1.29, 1.82) is 0 Å². The molecule has 2 bridgehead atoms. The third-order valence-electron chi connectivity index (χ3n) is 9.50. The molecule has 1 spiro atoms. The maximum Gasteiger partial charge on any atom is 0.309 e. The summed E-state index contributed by atoms with van der Waals surface area (Å²) in [5.74, 6) is 0.701. The number of carbonyl (C=O) groups is 2. The van der Waals surface area contributed by atoms with Crippen LogP contribution in [0.15, 0.2) is 0 Å². The summed E-state index contributed by atoms with van der Waals surface area (Å²) in [5.41, 5.74) is -0.712. The predicted octanol–water partition coefficient (Wildman–Crippen LogP) is 4.05. The van der Waals surface area contributed by atoms with Crippen LogP contribution in [-0.2, 0) is 9.59 Å². The second-order valence-electron chi connectivity index (χ2n) is 10.5. The summed E-state index contributed by atoms with van der Waals surface area (Å²) in [6.45, 7) is 5.93. The number of aliphatic carboxylic acids is 1. The average molecular weight is 363 g/mol. The Morgan fingerprint density at radius 3 is 2.38 bits per heavy atom. The van der Waals surface area contributed by atoms with Crippen LogP contribution in [0.3, 0.4) is 0 Å². The zero-order chi connectivity index (χ0) is 18.9. The van der Waals surface area contributed by atoms with Gasteiger partial charge in [-0.25, -0.2) is 0 Å². The Hall–Kier alpha value is -0.900. The van der Waals surface area contributed by atoms with E-state index in [9.17, 15) is 19.8 Å². The maximum absolute atomic E-state index is 12.1. The monoisotopic (exact) mass is 362 g/mol. The summed E-state index contributed by atoms with van der Waals surface area (Å²) >= 11 is 0. The number of aliphatic hydroxyl groups excluding tert-OH is 1. The van der Waals surface area contributed by atoms with E-state index in [1.165, 1.54) is 0 Å². The van der Waals surface area contributed by atoms with Gasteiger partial charge in [0, 0.05) is 6.42 Å². The molecule has 5 saturated carbocycles. The molecule has 0 aromatic heterocycles. The number of ketones is 1. The molecule has 0 saturated heterocycles. The van der Waals surface area contributed by atoms with Crippen LogP contribution < -0.4 is 0 Å². The minimum Gasteiger partial charge on any atom is -0.481 e. The molecule has 4 heteroatoms. The van der Waals surface area contributed by atoms with Crippen LogP contribution in [0.4, 0.5) is 0 Å². The Bertz CT molecular complexity index is 630. The molecule has 26 heavy (non-hydrogen) atoms. The molecule has 0 aromatic carbocycles. The molecule has 0 radical (unpaired) electrons. The van der Waals surface area contributed by atoms with Crippen molar-refractivity contribution < 1.29 is 19.8 Å². The van der Waals surface area contributed by atoms with E-state index in [4.69, 9.17) is 0 Å². The van der Waals surface area contributed by atoms with Crippen molar-refractivity contribution in [2.45, 2.75) is 84.7 Å². The first kappa shape index (κ1) is 18.5. The van der Waals surface area contributed by atoms with Crippen LogP contribution in [0.25, 0.3) is 0 Å². The Kier molecular flexibility index (Phi) is 4.12. The van der Waals surface area contributed by atoms with Gasteiger partial charge in [-0.3, -0.25) is 4.79 Å². The predicted molar refractivity (Wildman–Crippen MR) is 98.5 cm³/mol. The van der Waals surface area contributed by atoms with Crippen molar-refractivity contribution in [1.82, 2.24) is 0 Å². The van der Waals surface area contributed by atoms with Crippen molar-refractivity contribution in [3.8, 4) is 0 Å². The summed E-state index contributed by atoms with van der Waals surface area (Å²) in [4.78, 5) is 23.9. The second-order valence-corrected chi connectivity index (χ2v) is 10.5. The zero-order valence-electron chi connectivity index (χ0n) is 16.5. The number of carboxylic acids is 1. The van der Waals surface area contributed by atoms with Gasteiger partial charge in [-0.05, 0) is 93.3 Å². The lowest BCUT2D eigenvalue weighted by Crippen LogP contribution is -2.66. The van der Waals surface area contributed by atoms with Crippen molar-refractivity contribution in [2.24, 2.45) is 39.9 Å². The lowest BCUT2D eigenvalue weighted by Gasteiger charge is -2.70. The number of rotatable bonds is 3. The van der Waals surface area contributed by atoms with Crippen LogP contribution in [0, 0.1) is 39.9 Å². The van der Waals surface area contributed by atoms with E-state index < -0.39 is 11.4 Å². The summed E-state index contributed by atoms with van der Waals surface area (Å²) < 4.78 is 0. The summed E-state index contributed by atoms with van der Waals surface area (Å²) in [6.07, 6.45) is 8.07. The molecule has 8 atom stereocenters. The van der Waals surface area contributed by atoms with E-state index in [0.29, 0.717) is 18.3 Å². The van der Waals surface area contributed by atoms with Crippen molar-refractivity contribution >= 4 is 11.8 Å². The normalized spacial score (nSPS) is 52.8. The van der Waals surface area contributed by atoms with Gasteiger partial charge in [-0.1, -0.05) is 13.3 Å². The fourth-order valence-electron chi connectivity index (χ4n) is 8.34. The Labute approximate surface area is 156 Å². The number of carbonyl (C=O) groups excluding carboxylic acids is 1. The molecule has 5 fully saturated rings. The summed E-state index contributed by atoms with van der Waals surface area (Å²) in [7, 11) is 0. The zero-order valence-corrected chi connectivity index (χ0v) is 16.5. The van der Waals surface area contributed by atoms with Gasteiger partial charge in [0.1, 0.15) is 5.78 Å². The molecule has 2 unspecified atom stereocenters. The van der Waals surface area contributed by atoms with Gasteiger partial charge in [0.25, 0.3) is 0 Å². The highest BCUT2D eigenvalue weighted by Crippen LogP contribution is 2.72. The third kappa shape index (κ3) is 2.23. The van der Waals surface area contributed by atoms with E-state index >= 15 is 0 Å². The van der Waals surface area contributed by atoms with Crippen LogP contribution >= 0.6 is 0 Å². The SMILES string of the molecule is CC(=O)C[C@H]1[C@@H]2CC[C@@]3(CCC4[C@@](C)(CCC[C@@]4(C)C(=O)O)C3C2)[C@@H]1O. The Balaban J connectivity index is 1.71. The fraction of sp³-hybridized carbons (Fsp3) is 0.909. The molecule has 2 N–H and O–H groups in total. The average Bonchev–Trinajstić information content (AvgIpc) is 2.57. The number of fused-ring (bicyclic) bond motifs is 3. The Morgan fingerprint density at radius 1 is 1.04 bits per heavy atom. The van der Waals surface area contributed by atoms with Gasteiger partial charge in [0.2, 0.25) is 0 Å². The largest absolute Gasteiger partial charge is 0.481 e. The maximum atomic E-state index is 12.1. The molecule has 5 rings (SSSR count). The molecule has 0 amide bonds. The van der Waals surface area contributed by atoms with Crippen molar-refractivity contribution in [3.63, 3.8) is 0 Å². The second kappa shape index (κ2) is 5.80. The van der Waals surface area contributed by atoms with Gasteiger partial charge in [0.15, 0.2) is 0 Å². The number of Topliss-reactive ketones (excluding diaryl/α,β-unsaturated/α-hetero) is 1. The first-order chi connectivity index (χ1) is 12.1. The number of carboxylic acid groups (broad SMARTS) is 1. The smallest absolute Gasteiger partial charge is 0.309 e. The van der Waals surface area contributed by atoms with Gasteiger partial charge in [-0.2, -0.15) is 0 Å². The van der Waals surface area contributed by atoms with E-state index in [2.05, 4.69) is 6.92 Å². The van der Waals surface area contributed by atoms with Gasteiger partial charge < -0.3 is 15.0 Å². The third-order valence-corrected chi connectivity index (χ3v) is 9.50. The highest BCUT2D eigenvalue weighted by molar-refractivity contribution is 5.76. The summed E-state index contributed by atoms with van der Waals surface area (Å²) in [6, 6.07) is 0. The van der Waals surface area contributed by atoms with E-state index in [1.807, 2.05) is 6.92 Å². The first-order valence-corrected chi connectivity index (χ1v) is 10.6. The van der Waals surface area contributed by atoms with Crippen molar-refractivity contribution in [3.05, 3.63) is 0 Å². The number of aliphatic hydroxyl groups is 1. The highest BCUT2D eigenvalue weighted by Gasteiger charge is 2.68. The quantitative estimate of drug-likeness (QED) is 0.794. The van der Waals surface area contributed by atoms with Crippen LogP contribution in [0.2, 0.25) is 0 Å². The number of hydrogen-bond acceptors (Lipinski definition) is 3. The summed E-state index contributed by atoms with van der Waals surface area (Å²) in [5, 5.41) is 21.4. The van der Waals surface area contributed by atoms with Crippen LogP contribution in [0.5, 0.6) is 0 Å². The lowest BCUT2D eigenvalue weighted by atomic mass is 9.35. The molecule has 4 nitrogen and oxygen atoms in total. The number of hydrogen-bond donors (Lipinski definition) is 2. The standard InChI is InChI=1S/C22H34O4/c1-13(23)11-15-14-5-9-22(18(15)24)10-6-16-20(2,17(22)12-14)7-4-8-21(16,3)19(25)26/h14-18,24H,4-12H2,1-3H3,(H,25,26)/t14-,15+,16?,17?,18-,20-,21-,22+/m1/s1. The molecule has 0 aliphatic heterocycles. The van der Waals surface area contributed by atoms with E-state index in [-0.39, 0.29) is 34.6 Å². The molecule has 0 heterocycles. The van der Waals surface area contributed by atoms with Crippen molar-refractivity contribution in [2.75, 3.05) is 0 Å². The van der Waals surface area contributed by atoms with Crippen LogP contribution in [0.1, 0.15) is 78.6 Å². The van der Waals surface area contributed by atoms with Gasteiger partial charge in [0.05, 0.1) is 11.5 Å². The van der Waals surface area contributed by atoms with E-state index in [1.54, 1.807) is 6.92 Å². The Morgan fingerprint density at radius 2 is 1.73 bits per heavy atom. The van der Waals surface area contributed by atoms with E-state index in [0.717, 1.165) is 51.4 Å². The fourth-order valence-corrected chi connectivity index (χ4v) is 8.34. The topological polar surface area (TPSA) is 74.6 Å². The minimum absolute atomic E-state index is 0.00445. The minimum atomic E-state index is -0.639. The molecular weight excluding hydrogens is 328 g/mol.